The van der Waals surface area contributed by atoms with Gasteiger partial charge in [-0.15, -0.1) is 0 Å². The van der Waals surface area contributed by atoms with E-state index >= 15 is 0 Å². The number of nitrogens with zero attached hydrogens (tertiary/aromatic N) is 2. The van der Waals surface area contributed by atoms with Crippen LogP contribution in [0.4, 0.5) is 4.79 Å². The average molecular weight is 364 g/mol. The molecule has 0 saturated carbocycles. The molecule has 1 saturated heterocycles. The van der Waals surface area contributed by atoms with Crippen LogP contribution in [0, 0.1) is 0 Å². The van der Waals surface area contributed by atoms with Gasteiger partial charge in [0.15, 0.2) is 0 Å². The number of benzene rings is 1. The van der Waals surface area contributed by atoms with Crippen LogP contribution in [-0.2, 0) is 16.0 Å². The summed E-state index contributed by atoms with van der Waals surface area (Å²) in [7, 11) is 0. The third-order valence-corrected chi connectivity index (χ3v) is 4.27. The molecule has 0 atom stereocenters. The Labute approximate surface area is 153 Å². The van der Waals surface area contributed by atoms with Gasteiger partial charge in [-0.2, -0.15) is 0 Å². The lowest BCUT2D eigenvalue weighted by Crippen LogP contribution is -2.51. The summed E-state index contributed by atoms with van der Waals surface area (Å²) in [5, 5.41) is 8.81. The predicted molar refractivity (Wildman–Crippen MR) is 98.9 cm³/mol. The minimum atomic E-state index is -0.853. The molecule has 0 unspecified atom stereocenters. The maximum atomic E-state index is 12.1. The van der Waals surface area contributed by atoms with E-state index in [-0.39, 0.29) is 12.5 Å². The molecule has 1 aromatic carbocycles. The molecular weight excluding hydrogens is 340 g/mol. The first-order valence-corrected chi connectivity index (χ1v) is 8.64. The van der Waals surface area contributed by atoms with E-state index in [0.717, 1.165) is 11.1 Å². The number of ether oxygens (including phenoxy) is 1. The number of hydrogen-bond acceptors (Lipinski definition) is 4. The van der Waals surface area contributed by atoms with Crippen LogP contribution < -0.4 is 0 Å². The maximum absolute atomic E-state index is 12.1. The number of carbonyl (C=O) groups excluding carboxylic acids is 1. The molecule has 1 aliphatic rings. The van der Waals surface area contributed by atoms with E-state index in [1.807, 2.05) is 32.9 Å². The largest absolute Gasteiger partial charge is 0.481 e. The summed E-state index contributed by atoms with van der Waals surface area (Å²) in [4.78, 5) is 27.3. The number of carboxylic acids is 1. The standard InChI is InChI=1S/C18H24N2O4S/c1-18(2,3)24-17(23)20-10-8-19(9-11-20)16(25)14-6-4-13(5-7-14)12-15(21)22/h4-7H,8-12H2,1-3H3,(H,21,22). The Balaban J connectivity index is 1.90. The van der Waals surface area contributed by atoms with Crippen LogP contribution in [0.25, 0.3) is 0 Å². The third kappa shape index (κ3) is 5.70. The number of rotatable bonds is 3. The van der Waals surface area contributed by atoms with Crippen LogP contribution in [0.1, 0.15) is 31.9 Å². The minimum absolute atomic E-state index is 0.00159. The van der Waals surface area contributed by atoms with E-state index in [9.17, 15) is 9.59 Å². The van der Waals surface area contributed by atoms with Crippen molar-refractivity contribution in [1.29, 1.82) is 0 Å². The van der Waals surface area contributed by atoms with Crippen LogP contribution in [-0.4, -0.2) is 63.7 Å². The number of carboxylic acid groups (broad SMARTS) is 1. The van der Waals surface area contributed by atoms with E-state index in [1.165, 1.54) is 0 Å². The lowest BCUT2D eigenvalue weighted by Gasteiger charge is -2.36. The molecule has 0 aromatic heterocycles. The van der Waals surface area contributed by atoms with E-state index in [4.69, 9.17) is 22.1 Å². The zero-order chi connectivity index (χ0) is 18.6. The van der Waals surface area contributed by atoms with Crippen molar-refractivity contribution in [3.8, 4) is 0 Å². The Morgan fingerprint density at radius 2 is 1.60 bits per heavy atom. The fourth-order valence-corrected chi connectivity index (χ4v) is 2.86. The smallest absolute Gasteiger partial charge is 0.410 e. The van der Waals surface area contributed by atoms with Gasteiger partial charge in [0.2, 0.25) is 0 Å². The number of thiocarbonyl (C=S) groups is 1. The molecule has 1 amide bonds. The van der Waals surface area contributed by atoms with Gasteiger partial charge in [-0.3, -0.25) is 4.79 Å². The highest BCUT2D eigenvalue weighted by Gasteiger charge is 2.26. The number of hydrogen-bond donors (Lipinski definition) is 1. The van der Waals surface area contributed by atoms with Gasteiger partial charge in [-0.25, -0.2) is 4.79 Å². The zero-order valence-electron chi connectivity index (χ0n) is 14.8. The summed E-state index contributed by atoms with van der Waals surface area (Å²) in [6.07, 6.45) is -0.294. The maximum Gasteiger partial charge on any atom is 0.410 e. The van der Waals surface area contributed by atoms with Crippen LogP contribution in [0.2, 0.25) is 0 Å². The molecule has 1 N–H and O–H groups in total. The van der Waals surface area contributed by atoms with Crippen LogP contribution >= 0.6 is 12.2 Å². The third-order valence-electron chi connectivity index (χ3n) is 3.77. The molecule has 1 aliphatic heterocycles. The van der Waals surface area contributed by atoms with Crippen molar-refractivity contribution in [2.45, 2.75) is 32.8 Å². The zero-order valence-corrected chi connectivity index (χ0v) is 15.6. The van der Waals surface area contributed by atoms with Gasteiger partial charge < -0.3 is 19.6 Å². The normalized spacial score (nSPS) is 15.0. The second-order valence-corrected chi connectivity index (χ2v) is 7.41. The first-order chi connectivity index (χ1) is 11.7. The molecule has 25 heavy (non-hydrogen) atoms. The molecule has 0 radical (unpaired) electrons. The second-order valence-electron chi connectivity index (χ2n) is 7.03. The number of piperazine rings is 1. The summed E-state index contributed by atoms with van der Waals surface area (Å²) in [6.45, 7) is 7.97. The predicted octanol–water partition coefficient (Wildman–Crippen LogP) is 2.54. The second kappa shape index (κ2) is 7.82. The molecule has 6 nitrogen and oxygen atoms in total. The Morgan fingerprint density at radius 3 is 2.08 bits per heavy atom. The van der Waals surface area contributed by atoms with E-state index in [1.54, 1.807) is 17.0 Å². The summed E-state index contributed by atoms with van der Waals surface area (Å²) >= 11 is 5.54. The first-order valence-electron chi connectivity index (χ1n) is 8.23. The van der Waals surface area contributed by atoms with Gasteiger partial charge in [0.1, 0.15) is 10.6 Å². The van der Waals surface area contributed by atoms with Gasteiger partial charge in [0.25, 0.3) is 0 Å². The van der Waals surface area contributed by atoms with Crippen LogP contribution in [0.15, 0.2) is 24.3 Å². The Bertz CT molecular complexity index is 644. The van der Waals surface area contributed by atoms with Crippen molar-refractivity contribution >= 4 is 29.3 Å². The van der Waals surface area contributed by atoms with Gasteiger partial charge in [0.05, 0.1) is 6.42 Å². The van der Waals surface area contributed by atoms with Crippen LogP contribution in [0.5, 0.6) is 0 Å². The van der Waals surface area contributed by atoms with Crippen molar-refractivity contribution < 1.29 is 19.4 Å². The van der Waals surface area contributed by atoms with E-state index < -0.39 is 11.6 Å². The Morgan fingerprint density at radius 1 is 1.08 bits per heavy atom. The highest BCUT2D eigenvalue weighted by molar-refractivity contribution is 7.80. The van der Waals surface area contributed by atoms with Gasteiger partial charge in [-0.1, -0.05) is 36.5 Å². The van der Waals surface area contributed by atoms with Crippen molar-refractivity contribution in [2.24, 2.45) is 0 Å². The lowest BCUT2D eigenvalue weighted by molar-refractivity contribution is -0.136. The number of amides is 1. The molecule has 0 bridgehead atoms. The molecule has 136 valence electrons. The SMILES string of the molecule is CC(C)(C)OC(=O)N1CCN(C(=S)c2ccc(CC(=O)O)cc2)CC1. The summed E-state index contributed by atoms with van der Waals surface area (Å²) in [6, 6.07) is 7.26. The molecule has 0 spiro atoms. The van der Waals surface area contributed by atoms with E-state index in [0.29, 0.717) is 31.2 Å². The van der Waals surface area contributed by atoms with E-state index in [2.05, 4.69) is 4.90 Å². The fraction of sp³-hybridized carbons (Fsp3) is 0.500. The van der Waals surface area contributed by atoms with Crippen LogP contribution in [0.3, 0.4) is 0 Å². The highest BCUT2D eigenvalue weighted by atomic mass is 32.1. The van der Waals surface area contributed by atoms with Crippen molar-refractivity contribution in [1.82, 2.24) is 9.80 Å². The van der Waals surface area contributed by atoms with Crippen molar-refractivity contribution in [3.05, 3.63) is 35.4 Å². The van der Waals surface area contributed by atoms with Gasteiger partial charge in [0, 0.05) is 31.7 Å². The van der Waals surface area contributed by atoms with Crippen molar-refractivity contribution in [2.75, 3.05) is 26.2 Å². The molecule has 1 fully saturated rings. The molecule has 1 heterocycles. The molecule has 7 heteroatoms. The van der Waals surface area contributed by atoms with Gasteiger partial charge >= 0.3 is 12.1 Å². The first kappa shape index (κ1) is 19.2. The quantitative estimate of drug-likeness (QED) is 0.831. The molecule has 2 rings (SSSR count). The molecular formula is C18H24N2O4S. The average Bonchev–Trinajstić information content (AvgIpc) is 2.53. The fourth-order valence-electron chi connectivity index (χ4n) is 2.54. The minimum Gasteiger partial charge on any atom is -0.481 e. The number of carbonyl (C=O) groups is 2. The van der Waals surface area contributed by atoms with Crippen molar-refractivity contribution in [3.63, 3.8) is 0 Å². The number of aliphatic carboxylic acids is 1. The van der Waals surface area contributed by atoms with Gasteiger partial charge in [-0.05, 0) is 26.3 Å². The summed E-state index contributed by atoms with van der Waals surface area (Å²) in [5.74, 6) is -0.853. The topological polar surface area (TPSA) is 70.1 Å². The Kier molecular flexibility index (Phi) is 6.00. The molecule has 1 aromatic rings. The Hall–Kier alpha value is -2.15. The summed E-state index contributed by atoms with van der Waals surface area (Å²) < 4.78 is 5.39. The highest BCUT2D eigenvalue weighted by Crippen LogP contribution is 2.15. The lowest BCUT2D eigenvalue weighted by atomic mass is 10.1. The summed E-state index contributed by atoms with van der Waals surface area (Å²) in [5.41, 5.74) is 1.13. The molecule has 0 aliphatic carbocycles. The monoisotopic (exact) mass is 364 g/mol.